The fourth-order valence-corrected chi connectivity index (χ4v) is 5.02. The summed E-state index contributed by atoms with van der Waals surface area (Å²) in [5.41, 5.74) is 2.56. The van der Waals surface area contributed by atoms with Crippen molar-refractivity contribution in [3.63, 3.8) is 0 Å². The minimum Gasteiger partial charge on any atom is -0.326 e. The van der Waals surface area contributed by atoms with E-state index in [-0.39, 0.29) is 17.2 Å². The number of anilines is 1. The van der Waals surface area contributed by atoms with E-state index >= 15 is 0 Å². The Balaban J connectivity index is 1.46. The molecule has 1 amide bonds. The molecule has 1 aromatic heterocycles. The highest BCUT2D eigenvalue weighted by atomic mass is 32.2. The summed E-state index contributed by atoms with van der Waals surface area (Å²) in [6.45, 7) is 1.91. The predicted octanol–water partition coefficient (Wildman–Crippen LogP) is 4.02. The number of nitrogens with one attached hydrogen (secondary N) is 1. The number of primary sulfonamides is 1. The second-order valence-electron chi connectivity index (χ2n) is 7.23. The van der Waals surface area contributed by atoms with Crippen molar-refractivity contribution in [2.45, 2.75) is 24.7 Å². The van der Waals surface area contributed by atoms with Gasteiger partial charge in [-0.05, 0) is 47.5 Å². The number of aryl methyl sites for hydroxylation is 1. The number of hydrogen-bond acceptors (Lipinski definition) is 5. The van der Waals surface area contributed by atoms with E-state index in [1.54, 1.807) is 0 Å². The molecule has 0 spiro atoms. The molecule has 0 aliphatic carbocycles. The van der Waals surface area contributed by atoms with Crippen molar-refractivity contribution >= 4 is 43.7 Å². The van der Waals surface area contributed by atoms with E-state index in [4.69, 9.17) is 5.14 Å². The van der Waals surface area contributed by atoms with Crippen LogP contribution < -0.4 is 10.5 Å². The van der Waals surface area contributed by atoms with Gasteiger partial charge in [-0.15, -0.1) is 11.3 Å². The minimum absolute atomic E-state index is 0.00174. The molecular formula is C23H21N3O3S2. The van der Waals surface area contributed by atoms with Gasteiger partial charge in [-0.1, -0.05) is 42.5 Å². The van der Waals surface area contributed by atoms with Crippen molar-refractivity contribution in [1.29, 1.82) is 0 Å². The number of aromatic nitrogens is 1. The number of carbonyl (C=O) groups excluding carboxylic acids is 1. The lowest BCUT2D eigenvalue weighted by Crippen LogP contribution is -2.15. The molecule has 0 saturated carbocycles. The van der Waals surface area contributed by atoms with E-state index in [1.165, 1.54) is 51.9 Å². The number of carbonyl (C=O) groups is 1. The first kappa shape index (κ1) is 21.2. The van der Waals surface area contributed by atoms with Crippen LogP contribution in [0.15, 0.2) is 71.6 Å². The molecule has 8 heteroatoms. The summed E-state index contributed by atoms with van der Waals surface area (Å²) in [5, 5.41) is 11.2. The standard InChI is InChI=1S/C23H21N3O3S2/c1-15-21(14-22(27)26-18-9-11-19(12-10-18)31(24,28)29)30-23(25-15)13-17-7-4-6-16-5-2-3-8-20(16)17/h2-12H,13-14H2,1H3,(H,26,27)(H2,24,28,29). The number of amides is 1. The summed E-state index contributed by atoms with van der Waals surface area (Å²) in [6, 6.07) is 20.3. The van der Waals surface area contributed by atoms with Crippen LogP contribution in [0.1, 0.15) is 21.1 Å². The number of sulfonamides is 1. The summed E-state index contributed by atoms with van der Waals surface area (Å²) in [4.78, 5) is 18.1. The third kappa shape index (κ3) is 4.99. The van der Waals surface area contributed by atoms with Gasteiger partial charge in [0.2, 0.25) is 15.9 Å². The summed E-state index contributed by atoms with van der Waals surface area (Å²) in [7, 11) is -3.76. The molecule has 31 heavy (non-hydrogen) atoms. The average Bonchev–Trinajstić information content (AvgIpc) is 3.06. The van der Waals surface area contributed by atoms with E-state index in [2.05, 4.69) is 34.6 Å². The smallest absolute Gasteiger partial charge is 0.238 e. The maximum absolute atomic E-state index is 12.5. The molecule has 0 aliphatic heterocycles. The highest BCUT2D eigenvalue weighted by Gasteiger charge is 2.14. The minimum atomic E-state index is -3.76. The molecule has 0 unspecified atom stereocenters. The molecule has 4 aromatic rings. The maximum Gasteiger partial charge on any atom is 0.238 e. The second kappa shape index (κ2) is 8.58. The topological polar surface area (TPSA) is 102 Å². The Morgan fingerprint density at radius 3 is 2.48 bits per heavy atom. The maximum atomic E-state index is 12.5. The summed E-state index contributed by atoms with van der Waals surface area (Å²) < 4.78 is 22.7. The zero-order chi connectivity index (χ0) is 22.0. The van der Waals surface area contributed by atoms with E-state index in [9.17, 15) is 13.2 Å². The Labute approximate surface area is 184 Å². The molecule has 1 heterocycles. The van der Waals surface area contributed by atoms with Gasteiger partial charge in [-0.25, -0.2) is 18.5 Å². The van der Waals surface area contributed by atoms with Crippen LogP contribution in [0.2, 0.25) is 0 Å². The third-order valence-corrected chi connectivity index (χ3v) is 7.03. The van der Waals surface area contributed by atoms with Gasteiger partial charge in [-0.2, -0.15) is 0 Å². The van der Waals surface area contributed by atoms with Crippen LogP contribution in [-0.2, 0) is 27.7 Å². The summed E-state index contributed by atoms with van der Waals surface area (Å²) in [6.07, 6.45) is 0.916. The predicted molar refractivity (Wildman–Crippen MR) is 124 cm³/mol. The van der Waals surface area contributed by atoms with Gasteiger partial charge >= 0.3 is 0 Å². The number of nitrogens with zero attached hydrogens (tertiary/aromatic N) is 1. The lowest BCUT2D eigenvalue weighted by atomic mass is 10.0. The highest BCUT2D eigenvalue weighted by Crippen LogP contribution is 2.26. The van der Waals surface area contributed by atoms with Gasteiger partial charge in [-0.3, -0.25) is 4.79 Å². The normalized spacial score (nSPS) is 11.5. The Bertz CT molecular complexity index is 1360. The van der Waals surface area contributed by atoms with Crippen LogP contribution in [0, 0.1) is 6.92 Å². The van der Waals surface area contributed by atoms with Crippen molar-refractivity contribution in [3.05, 3.63) is 87.9 Å². The van der Waals surface area contributed by atoms with Gasteiger partial charge in [0.25, 0.3) is 0 Å². The molecule has 3 aromatic carbocycles. The molecule has 0 atom stereocenters. The number of fused-ring (bicyclic) bond motifs is 1. The molecule has 6 nitrogen and oxygen atoms in total. The van der Waals surface area contributed by atoms with Crippen LogP contribution in [-0.4, -0.2) is 19.3 Å². The first-order valence-electron chi connectivity index (χ1n) is 9.64. The molecule has 0 aliphatic rings. The fraction of sp³-hybridized carbons (Fsp3) is 0.130. The molecule has 0 saturated heterocycles. The number of rotatable bonds is 6. The number of benzene rings is 3. The Morgan fingerprint density at radius 2 is 1.74 bits per heavy atom. The van der Waals surface area contributed by atoms with Crippen molar-refractivity contribution < 1.29 is 13.2 Å². The Kier molecular flexibility index (Phi) is 5.86. The fourth-order valence-electron chi connectivity index (χ4n) is 3.42. The molecule has 0 radical (unpaired) electrons. The molecule has 4 rings (SSSR count). The van der Waals surface area contributed by atoms with Crippen LogP contribution in [0.4, 0.5) is 5.69 Å². The summed E-state index contributed by atoms with van der Waals surface area (Å²) in [5.74, 6) is -0.188. The first-order chi connectivity index (χ1) is 14.8. The lowest BCUT2D eigenvalue weighted by Gasteiger charge is -2.05. The van der Waals surface area contributed by atoms with Crippen molar-refractivity contribution in [2.75, 3.05) is 5.32 Å². The molecule has 0 fully saturated rings. The van der Waals surface area contributed by atoms with Gasteiger partial charge in [0.05, 0.1) is 22.0 Å². The monoisotopic (exact) mass is 451 g/mol. The number of thiazole rings is 1. The lowest BCUT2D eigenvalue weighted by molar-refractivity contribution is -0.115. The van der Waals surface area contributed by atoms with Crippen LogP contribution >= 0.6 is 11.3 Å². The quantitative estimate of drug-likeness (QED) is 0.462. The van der Waals surface area contributed by atoms with Gasteiger partial charge in [0, 0.05) is 17.0 Å². The number of nitrogens with two attached hydrogens (primary N) is 1. The molecule has 3 N–H and O–H groups in total. The summed E-state index contributed by atoms with van der Waals surface area (Å²) >= 11 is 1.54. The van der Waals surface area contributed by atoms with Gasteiger partial charge < -0.3 is 5.32 Å². The van der Waals surface area contributed by atoms with Crippen molar-refractivity contribution in [1.82, 2.24) is 4.98 Å². The second-order valence-corrected chi connectivity index (χ2v) is 9.96. The zero-order valence-electron chi connectivity index (χ0n) is 16.8. The first-order valence-corrected chi connectivity index (χ1v) is 12.0. The largest absolute Gasteiger partial charge is 0.326 e. The highest BCUT2D eigenvalue weighted by molar-refractivity contribution is 7.89. The van der Waals surface area contributed by atoms with E-state index in [0.717, 1.165) is 15.6 Å². The van der Waals surface area contributed by atoms with E-state index < -0.39 is 10.0 Å². The van der Waals surface area contributed by atoms with Crippen LogP contribution in [0.3, 0.4) is 0 Å². The van der Waals surface area contributed by atoms with Gasteiger partial charge in [0.1, 0.15) is 0 Å². The van der Waals surface area contributed by atoms with E-state index in [1.807, 2.05) is 25.1 Å². The SMILES string of the molecule is Cc1nc(Cc2cccc3ccccc23)sc1CC(=O)Nc1ccc(S(N)(=O)=O)cc1. The van der Waals surface area contributed by atoms with E-state index in [0.29, 0.717) is 12.1 Å². The van der Waals surface area contributed by atoms with Crippen molar-refractivity contribution in [3.8, 4) is 0 Å². The molecule has 0 bridgehead atoms. The molecule has 158 valence electrons. The van der Waals surface area contributed by atoms with Gasteiger partial charge in [0.15, 0.2) is 0 Å². The molecular weight excluding hydrogens is 430 g/mol. The third-order valence-electron chi connectivity index (χ3n) is 4.95. The van der Waals surface area contributed by atoms with Crippen LogP contribution in [0.25, 0.3) is 10.8 Å². The Morgan fingerprint density at radius 1 is 1.03 bits per heavy atom. The average molecular weight is 452 g/mol. The zero-order valence-corrected chi connectivity index (χ0v) is 18.5. The van der Waals surface area contributed by atoms with Crippen LogP contribution in [0.5, 0.6) is 0 Å². The Hall–Kier alpha value is -3.07. The van der Waals surface area contributed by atoms with Crippen molar-refractivity contribution in [2.24, 2.45) is 5.14 Å². The number of hydrogen-bond donors (Lipinski definition) is 2.